The number of ether oxygens (including phenoxy) is 2. The van der Waals surface area contributed by atoms with Gasteiger partial charge >= 0.3 is 6.09 Å². The minimum absolute atomic E-state index is 0.0284. The Balaban J connectivity index is 1.75. The van der Waals surface area contributed by atoms with Gasteiger partial charge in [0.2, 0.25) is 5.91 Å². The fourth-order valence-electron chi connectivity index (χ4n) is 2.37. The van der Waals surface area contributed by atoms with Crippen LogP contribution >= 0.6 is 0 Å². The Bertz CT molecular complexity index is 575. The number of nitrogens with one attached hydrogen (secondary N) is 2. The molecule has 0 bridgehead atoms. The molecular formula is C18H27N3O4. The van der Waals surface area contributed by atoms with Crippen molar-refractivity contribution in [2.45, 2.75) is 32.8 Å². The summed E-state index contributed by atoms with van der Waals surface area (Å²) in [5.41, 5.74) is 0.764. The molecule has 7 nitrogen and oxygen atoms in total. The van der Waals surface area contributed by atoms with Gasteiger partial charge in [-0.05, 0) is 45.0 Å². The molecule has 0 aromatic heterocycles. The number of carbonyl (C=O) groups is 2. The van der Waals surface area contributed by atoms with E-state index in [0.29, 0.717) is 17.8 Å². The summed E-state index contributed by atoms with van der Waals surface area (Å²) in [6.07, 6.45) is -0.0624. The summed E-state index contributed by atoms with van der Waals surface area (Å²) in [6, 6.07) is 6.95. The van der Waals surface area contributed by atoms with Gasteiger partial charge in [0.15, 0.2) is 0 Å². The van der Waals surface area contributed by atoms with Crippen LogP contribution in [0, 0.1) is 0 Å². The van der Waals surface area contributed by atoms with Crippen LogP contribution < -0.4 is 10.6 Å². The Labute approximate surface area is 148 Å². The van der Waals surface area contributed by atoms with Crippen molar-refractivity contribution in [1.29, 1.82) is 0 Å². The highest BCUT2D eigenvalue weighted by atomic mass is 16.6. The number of amides is 2. The van der Waals surface area contributed by atoms with Crippen molar-refractivity contribution in [1.82, 2.24) is 4.90 Å². The lowest BCUT2D eigenvalue weighted by atomic mass is 10.2. The maximum absolute atomic E-state index is 12.0. The molecule has 0 saturated carbocycles. The van der Waals surface area contributed by atoms with Crippen LogP contribution in [0.15, 0.2) is 24.3 Å². The Morgan fingerprint density at radius 2 is 1.64 bits per heavy atom. The number of nitrogens with zero attached hydrogens (tertiary/aromatic N) is 1. The lowest BCUT2D eigenvalue weighted by Crippen LogP contribution is -2.38. The molecule has 1 fully saturated rings. The second-order valence-corrected chi connectivity index (χ2v) is 6.96. The summed E-state index contributed by atoms with van der Waals surface area (Å²) < 4.78 is 10.5. The van der Waals surface area contributed by atoms with E-state index in [1.807, 2.05) is 20.8 Å². The molecule has 0 atom stereocenters. The quantitative estimate of drug-likeness (QED) is 0.854. The Kier molecular flexibility index (Phi) is 6.78. The molecule has 138 valence electrons. The Morgan fingerprint density at radius 3 is 2.20 bits per heavy atom. The van der Waals surface area contributed by atoms with Crippen molar-refractivity contribution in [3.63, 3.8) is 0 Å². The molecule has 25 heavy (non-hydrogen) atoms. The normalized spacial score (nSPS) is 15.5. The lowest BCUT2D eigenvalue weighted by Gasteiger charge is -2.26. The number of rotatable bonds is 5. The van der Waals surface area contributed by atoms with E-state index in [4.69, 9.17) is 9.47 Å². The molecule has 1 aromatic rings. The second kappa shape index (κ2) is 8.82. The molecule has 1 aliphatic rings. The summed E-state index contributed by atoms with van der Waals surface area (Å²) in [6.45, 7) is 9.36. The second-order valence-electron chi connectivity index (χ2n) is 6.96. The molecule has 7 heteroatoms. The highest BCUT2D eigenvalue weighted by Crippen LogP contribution is 2.15. The van der Waals surface area contributed by atoms with E-state index in [0.717, 1.165) is 32.8 Å². The number of hydrogen-bond donors (Lipinski definition) is 2. The summed E-state index contributed by atoms with van der Waals surface area (Å²) >= 11 is 0. The summed E-state index contributed by atoms with van der Waals surface area (Å²) in [4.78, 5) is 25.9. The van der Waals surface area contributed by atoms with Crippen molar-refractivity contribution >= 4 is 23.4 Å². The van der Waals surface area contributed by atoms with E-state index >= 15 is 0 Å². The predicted molar refractivity (Wildman–Crippen MR) is 96.8 cm³/mol. The van der Waals surface area contributed by atoms with Crippen LogP contribution in [-0.2, 0) is 14.3 Å². The third-order valence-corrected chi connectivity index (χ3v) is 3.57. The number of anilines is 2. The van der Waals surface area contributed by atoms with Crippen LogP contribution in [0.1, 0.15) is 27.2 Å². The first-order valence-corrected chi connectivity index (χ1v) is 8.52. The van der Waals surface area contributed by atoms with Crippen LogP contribution in [-0.4, -0.2) is 55.3 Å². The van der Waals surface area contributed by atoms with Gasteiger partial charge in [-0.1, -0.05) is 0 Å². The van der Waals surface area contributed by atoms with Crippen molar-refractivity contribution in [2.24, 2.45) is 0 Å². The van der Waals surface area contributed by atoms with Gasteiger partial charge in [-0.3, -0.25) is 15.0 Å². The van der Waals surface area contributed by atoms with Crippen LogP contribution in [0.4, 0.5) is 16.2 Å². The van der Waals surface area contributed by atoms with Crippen molar-refractivity contribution in [3.05, 3.63) is 24.3 Å². The SMILES string of the molecule is CC(C)(C)OC(=O)Nc1ccc(NC(=O)CCN2CCOCC2)cc1. The smallest absolute Gasteiger partial charge is 0.412 e. The van der Waals surface area contributed by atoms with Gasteiger partial charge in [0.25, 0.3) is 0 Å². The van der Waals surface area contributed by atoms with Gasteiger partial charge in [-0.2, -0.15) is 0 Å². The third kappa shape index (κ3) is 7.53. The van der Waals surface area contributed by atoms with E-state index in [-0.39, 0.29) is 5.91 Å². The van der Waals surface area contributed by atoms with Crippen LogP contribution in [0.3, 0.4) is 0 Å². The minimum atomic E-state index is -0.543. The van der Waals surface area contributed by atoms with E-state index < -0.39 is 11.7 Å². The first-order chi connectivity index (χ1) is 11.8. The zero-order chi connectivity index (χ0) is 18.3. The van der Waals surface area contributed by atoms with Crippen molar-refractivity contribution in [3.8, 4) is 0 Å². The molecule has 1 aromatic carbocycles. The van der Waals surface area contributed by atoms with Crippen molar-refractivity contribution in [2.75, 3.05) is 43.5 Å². The van der Waals surface area contributed by atoms with Gasteiger partial charge in [0.1, 0.15) is 5.60 Å². The standard InChI is InChI=1S/C18H27N3O4/c1-18(2,3)25-17(23)20-15-6-4-14(5-7-15)19-16(22)8-9-21-10-12-24-13-11-21/h4-7H,8-13H2,1-3H3,(H,19,22)(H,20,23). The highest BCUT2D eigenvalue weighted by Gasteiger charge is 2.16. The third-order valence-electron chi connectivity index (χ3n) is 3.57. The van der Waals surface area contributed by atoms with Crippen LogP contribution in [0.5, 0.6) is 0 Å². The predicted octanol–water partition coefficient (Wildman–Crippen LogP) is 2.69. The van der Waals surface area contributed by atoms with Crippen molar-refractivity contribution < 1.29 is 19.1 Å². The van der Waals surface area contributed by atoms with Gasteiger partial charge in [0, 0.05) is 37.4 Å². The maximum Gasteiger partial charge on any atom is 0.412 e. The number of carbonyl (C=O) groups excluding carboxylic acids is 2. The maximum atomic E-state index is 12.0. The average molecular weight is 349 g/mol. The Hall–Kier alpha value is -2.12. The largest absolute Gasteiger partial charge is 0.444 e. The van der Waals surface area contributed by atoms with Crippen LogP contribution in [0.25, 0.3) is 0 Å². The minimum Gasteiger partial charge on any atom is -0.444 e. The van der Waals surface area contributed by atoms with Gasteiger partial charge in [0.05, 0.1) is 13.2 Å². The van der Waals surface area contributed by atoms with Gasteiger partial charge < -0.3 is 14.8 Å². The first kappa shape index (κ1) is 19.2. The molecule has 0 radical (unpaired) electrons. The molecule has 2 N–H and O–H groups in total. The molecule has 1 saturated heterocycles. The average Bonchev–Trinajstić information content (AvgIpc) is 2.54. The molecule has 1 aliphatic heterocycles. The fourth-order valence-corrected chi connectivity index (χ4v) is 2.37. The molecule has 0 aliphatic carbocycles. The lowest BCUT2D eigenvalue weighted by molar-refractivity contribution is -0.116. The molecule has 1 heterocycles. The monoisotopic (exact) mass is 349 g/mol. The molecular weight excluding hydrogens is 322 g/mol. The van der Waals surface area contributed by atoms with E-state index in [1.165, 1.54) is 0 Å². The van der Waals surface area contributed by atoms with E-state index in [1.54, 1.807) is 24.3 Å². The van der Waals surface area contributed by atoms with Gasteiger partial charge in [-0.25, -0.2) is 4.79 Å². The van der Waals surface area contributed by atoms with Gasteiger partial charge in [-0.15, -0.1) is 0 Å². The zero-order valence-electron chi connectivity index (χ0n) is 15.1. The Morgan fingerprint density at radius 1 is 1.08 bits per heavy atom. The first-order valence-electron chi connectivity index (χ1n) is 8.52. The highest BCUT2D eigenvalue weighted by molar-refractivity contribution is 5.91. The molecule has 0 spiro atoms. The summed E-state index contributed by atoms with van der Waals surface area (Å²) in [5, 5.41) is 5.51. The van der Waals surface area contributed by atoms with Crippen LogP contribution in [0.2, 0.25) is 0 Å². The summed E-state index contributed by atoms with van der Waals surface area (Å²) in [5.74, 6) is -0.0284. The topological polar surface area (TPSA) is 79.9 Å². The molecule has 2 amide bonds. The molecule has 0 unspecified atom stereocenters. The summed E-state index contributed by atoms with van der Waals surface area (Å²) in [7, 11) is 0. The van der Waals surface area contributed by atoms with E-state index in [2.05, 4.69) is 15.5 Å². The fraction of sp³-hybridized carbons (Fsp3) is 0.556. The number of hydrogen-bond acceptors (Lipinski definition) is 5. The number of morpholine rings is 1. The van der Waals surface area contributed by atoms with E-state index in [9.17, 15) is 9.59 Å². The zero-order valence-corrected chi connectivity index (χ0v) is 15.1. The number of benzene rings is 1. The molecule has 2 rings (SSSR count).